The smallest absolute Gasteiger partial charge is 0.355 e. The van der Waals surface area contributed by atoms with Gasteiger partial charge in [0.25, 0.3) is 11.6 Å². The Labute approximate surface area is 180 Å². The number of anilines is 2. The quantitative estimate of drug-likeness (QED) is 0.302. The number of hydrazone groups is 1. The zero-order chi connectivity index (χ0) is 22.3. The summed E-state index contributed by atoms with van der Waals surface area (Å²) in [5.74, 6) is -3.29. The van der Waals surface area contributed by atoms with E-state index in [1.165, 1.54) is 35.3 Å². The molecule has 2 unspecified atom stereocenters. The second-order valence-electron chi connectivity index (χ2n) is 6.71. The van der Waals surface area contributed by atoms with Gasteiger partial charge in [0.15, 0.2) is 5.71 Å². The molecule has 0 spiro atoms. The maximum Gasteiger partial charge on any atom is 0.355 e. The van der Waals surface area contributed by atoms with Gasteiger partial charge >= 0.3 is 5.97 Å². The molecular formula is C20H15ClN4O6. The molecule has 31 heavy (non-hydrogen) atoms. The molecule has 0 radical (unpaired) electrons. The lowest BCUT2D eigenvalue weighted by molar-refractivity contribution is -0.384. The number of nitro groups is 1. The summed E-state index contributed by atoms with van der Waals surface area (Å²) < 4.78 is 5.02. The minimum Gasteiger partial charge on any atom is -0.461 e. The second-order valence-corrected chi connectivity index (χ2v) is 7.12. The number of ether oxygens (including phenoxy) is 1. The highest BCUT2D eigenvalue weighted by Crippen LogP contribution is 2.40. The van der Waals surface area contributed by atoms with Crippen LogP contribution in [0.2, 0.25) is 5.02 Å². The molecule has 0 aliphatic carbocycles. The zero-order valence-electron chi connectivity index (χ0n) is 16.1. The van der Waals surface area contributed by atoms with Crippen LogP contribution in [0.1, 0.15) is 6.92 Å². The number of nitro benzene ring substituents is 1. The van der Waals surface area contributed by atoms with E-state index in [1.807, 2.05) is 0 Å². The van der Waals surface area contributed by atoms with Gasteiger partial charge in [-0.1, -0.05) is 23.7 Å². The van der Waals surface area contributed by atoms with E-state index in [0.717, 1.165) is 4.90 Å². The normalized spacial score (nSPS) is 20.0. The summed E-state index contributed by atoms with van der Waals surface area (Å²) in [6.45, 7) is 1.67. The molecule has 2 atom stereocenters. The lowest BCUT2D eigenvalue weighted by Gasteiger charge is -2.22. The number of esters is 1. The number of para-hydroxylation sites is 1. The topological polar surface area (TPSA) is 122 Å². The molecule has 0 saturated carbocycles. The molecule has 2 aromatic carbocycles. The van der Waals surface area contributed by atoms with Crippen LogP contribution in [0.15, 0.2) is 53.6 Å². The predicted octanol–water partition coefficient (Wildman–Crippen LogP) is 2.55. The Bertz CT molecular complexity index is 1130. The van der Waals surface area contributed by atoms with E-state index < -0.39 is 34.7 Å². The summed E-state index contributed by atoms with van der Waals surface area (Å²) >= 11 is 6.20. The Morgan fingerprint density at radius 2 is 1.84 bits per heavy atom. The van der Waals surface area contributed by atoms with Gasteiger partial charge in [-0.15, -0.1) is 0 Å². The number of imide groups is 1. The second kappa shape index (κ2) is 7.80. The molecule has 1 fully saturated rings. The summed E-state index contributed by atoms with van der Waals surface area (Å²) in [7, 11) is 0. The van der Waals surface area contributed by atoms with Gasteiger partial charge in [0, 0.05) is 12.1 Å². The molecule has 1 saturated heterocycles. The van der Waals surface area contributed by atoms with Crippen molar-refractivity contribution in [1.29, 1.82) is 0 Å². The Hall–Kier alpha value is -3.79. The van der Waals surface area contributed by atoms with Gasteiger partial charge in [-0.2, -0.15) is 5.10 Å². The van der Waals surface area contributed by atoms with Crippen LogP contribution in [0, 0.1) is 16.0 Å². The molecule has 2 aliphatic heterocycles. The SMILES string of the molecule is CCOC(=O)C1=NN(c2ccc([N+](=O)[O-])cc2)C2C(=O)N(c3ccccc3Cl)C(=O)C12. The highest BCUT2D eigenvalue weighted by molar-refractivity contribution is 6.48. The summed E-state index contributed by atoms with van der Waals surface area (Å²) in [4.78, 5) is 50.3. The van der Waals surface area contributed by atoms with E-state index in [9.17, 15) is 24.5 Å². The van der Waals surface area contributed by atoms with E-state index in [-0.39, 0.29) is 28.7 Å². The number of hydrogen-bond donors (Lipinski definition) is 0. The number of halogens is 1. The first kappa shape index (κ1) is 20.5. The van der Waals surface area contributed by atoms with E-state index in [2.05, 4.69) is 5.10 Å². The van der Waals surface area contributed by atoms with Gasteiger partial charge in [-0.05, 0) is 31.2 Å². The lowest BCUT2D eigenvalue weighted by Crippen LogP contribution is -2.39. The number of carbonyl (C=O) groups excluding carboxylic acids is 3. The number of nitrogens with zero attached hydrogens (tertiary/aromatic N) is 4. The molecule has 0 bridgehead atoms. The summed E-state index contributed by atoms with van der Waals surface area (Å²) in [5, 5.41) is 16.5. The number of amides is 2. The highest BCUT2D eigenvalue weighted by atomic mass is 35.5. The summed E-state index contributed by atoms with van der Waals surface area (Å²) in [6.07, 6.45) is 0. The van der Waals surface area contributed by atoms with E-state index in [0.29, 0.717) is 5.69 Å². The van der Waals surface area contributed by atoms with Crippen molar-refractivity contribution in [3.8, 4) is 0 Å². The minimum absolute atomic E-state index is 0.0587. The van der Waals surface area contributed by atoms with Crippen LogP contribution in [0.4, 0.5) is 17.1 Å². The number of rotatable bonds is 5. The van der Waals surface area contributed by atoms with Crippen molar-refractivity contribution in [3.05, 3.63) is 63.7 Å². The average Bonchev–Trinajstić information content (AvgIpc) is 3.26. The standard InChI is InChI=1S/C20H15ClN4O6/c1-2-31-20(28)16-15-17(24(22-16)11-7-9-12(10-8-11)25(29)30)19(27)23(18(15)26)14-6-4-3-5-13(14)21/h3-10,15,17H,2H2,1H3. The minimum atomic E-state index is -1.20. The molecule has 158 valence electrons. The molecule has 10 nitrogen and oxygen atoms in total. The van der Waals surface area contributed by atoms with Gasteiger partial charge in [-0.25, -0.2) is 9.69 Å². The summed E-state index contributed by atoms with van der Waals surface area (Å²) in [6, 6.07) is 10.5. The number of benzene rings is 2. The van der Waals surface area contributed by atoms with Crippen LogP contribution in [0.25, 0.3) is 0 Å². The molecule has 0 aromatic heterocycles. The van der Waals surface area contributed by atoms with Crippen molar-refractivity contribution in [3.63, 3.8) is 0 Å². The van der Waals surface area contributed by atoms with Crippen LogP contribution in [0.5, 0.6) is 0 Å². The third kappa shape index (κ3) is 3.30. The number of fused-ring (bicyclic) bond motifs is 1. The first-order chi connectivity index (χ1) is 14.8. The zero-order valence-corrected chi connectivity index (χ0v) is 16.9. The molecule has 2 aliphatic rings. The van der Waals surface area contributed by atoms with Crippen LogP contribution in [-0.2, 0) is 19.1 Å². The molecule has 2 aromatic rings. The average molecular weight is 443 g/mol. The maximum atomic E-state index is 13.3. The van der Waals surface area contributed by atoms with Crippen LogP contribution in [0.3, 0.4) is 0 Å². The Morgan fingerprint density at radius 3 is 2.45 bits per heavy atom. The lowest BCUT2D eigenvalue weighted by atomic mass is 9.97. The molecule has 2 amide bonds. The Kier molecular flexibility index (Phi) is 5.15. The number of carbonyl (C=O) groups is 3. The van der Waals surface area contributed by atoms with Crippen LogP contribution >= 0.6 is 11.6 Å². The first-order valence-corrected chi connectivity index (χ1v) is 9.64. The molecule has 4 rings (SSSR count). The van der Waals surface area contributed by atoms with Crippen molar-refractivity contribution in [2.45, 2.75) is 13.0 Å². The van der Waals surface area contributed by atoms with Crippen molar-refractivity contribution < 1.29 is 24.0 Å². The third-order valence-corrected chi connectivity index (χ3v) is 5.27. The monoisotopic (exact) mass is 442 g/mol. The summed E-state index contributed by atoms with van der Waals surface area (Å²) in [5.41, 5.74) is 0.140. The third-order valence-electron chi connectivity index (χ3n) is 4.95. The van der Waals surface area contributed by atoms with Gasteiger partial charge in [0.05, 0.1) is 27.9 Å². The Morgan fingerprint density at radius 1 is 1.16 bits per heavy atom. The number of non-ortho nitro benzene ring substituents is 1. The largest absolute Gasteiger partial charge is 0.461 e. The molecule has 2 heterocycles. The first-order valence-electron chi connectivity index (χ1n) is 9.26. The van der Waals surface area contributed by atoms with Crippen molar-refractivity contribution in [2.24, 2.45) is 11.0 Å². The fourth-order valence-corrected chi connectivity index (χ4v) is 3.82. The highest BCUT2D eigenvalue weighted by Gasteiger charge is 2.59. The fourth-order valence-electron chi connectivity index (χ4n) is 3.60. The fraction of sp³-hybridized carbons (Fsp3) is 0.200. The van der Waals surface area contributed by atoms with Gasteiger partial charge in [0.2, 0.25) is 5.91 Å². The van der Waals surface area contributed by atoms with Gasteiger partial charge in [0.1, 0.15) is 12.0 Å². The molecule has 0 N–H and O–H groups in total. The predicted molar refractivity (Wildman–Crippen MR) is 111 cm³/mol. The maximum absolute atomic E-state index is 13.3. The van der Waals surface area contributed by atoms with Crippen molar-refractivity contribution in [2.75, 3.05) is 16.5 Å². The molecular weight excluding hydrogens is 428 g/mol. The molecule has 11 heteroatoms. The van der Waals surface area contributed by atoms with E-state index in [1.54, 1.807) is 25.1 Å². The van der Waals surface area contributed by atoms with Gasteiger partial charge < -0.3 is 4.74 Å². The van der Waals surface area contributed by atoms with Crippen LogP contribution in [-0.4, -0.2) is 41.1 Å². The van der Waals surface area contributed by atoms with E-state index in [4.69, 9.17) is 16.3 Å². The van der Waals surface area contributed by atoms with Crippen molar-refractivity contribution in [1.82, 2.24) is 0 Å². The Balaban J connectivity index is 1.79. The number of hydrogen-bond acceptors (Lipinski definition) is 8. The van der Waals surface area contributed by atoms with E-state index >= 15 is 0 Å². The van der Waals surface area contributed by atoms with Crippen molar-refractivity contribution >= 4 is 52.2 Å². The van der Waals surface area contributed by atoms with Gasteiger partial charge in [-0.3, -0.25) is 24.7 Å². The van der Waals surface area contributed by atoms with Crippen LogP contribution < -0.4 is 9.91 Å².